The van der Waals surface area contributed by atoms with E-state index in [9.17, 15) is 32.3 Å². The first kappa shape index (κ1) is 24.7. The topological polar surface area (TPSA) is 105 Å². The number of halogens is 3. The molecule has 1 aliphatic heterocycles. The molecule has 1 rings (SSSR count). The molecule has 0 aliphatic carbocycles. The summed E-state index contributed by atoms with van der Waals surface area (Å²) in [6.45, 7) is 6.38. The molecular formula is C18H28F3N3O5. The minimum absolute atomic E-state index is 0.211. The second-order valence-electron chi connectivity index (χ2n) is 7.64. The van der Waals surface area contributed by atoms with Gasteiger partial charge in [0.05, 0.1) is 13.2 Å². The number of amides is 3. The number of methoxy groups -OCH3 is 1. The van der Waals surface area contributed by atoms with E-state index in [0.717, 1.165) is 7.11 Å². The normalized spacial score (nSPS) is 19.1. The number of hydrogen-bond acceptors (Lipinski definition) is 5. The zero-order valence-corrected chi connectivity index (χ0v) is 17.1. The monoisotopic (exact) mass is 423 g/mol. The van der Waals surface area contributed by atoms with E-state index in [-0.39, 0.29) is 18.9 Å². The van der Waals surface area contributed by atoms with Crippen LogP contribution in [-0.4, -0.2) is 66.5 Å². The molecule has 3 atom stereocenters. The zero-order chi connectivity index (χ0) is 22.5. The van der Waals surface area contributed by atoms with Crippen LogP contribution in [0.5, 0.6) is 0 Å². The molecule has 11 heteroatoms. The molecule has 1 fully saturated rings. The molecule has 1 unspecified atom stereocenters. The molecule has 1 heterocycles. The number of alkyl carbamates (subject to hydrolysis) is 1. The first-order chi connectivity index (χ1) is 13.3. The molecule has 0 aromatic carbocycles. The largest absolute Gasteiger partial charge is 0.453 e. The van der Waals surface area contributed by atoms with Crippen LogP contribution in [0.3, 0.4) is 0 Å². The summed E-state index contributed by atoms with van der Waals surface area (Å²) >= 11 is 0. The lowest BCUT2D eigenvalue weighted by molar-refractivity contribution is -0.175. The standard InChI is InChI=1S/C18H28F3N3O5/c1-9(2)12(14(25)18(19,20)21)22-15(26)11-7-6-8-24(11)16(27)13(10(3)4)23-17(28)29-5/h9-13H,6-8H2,1-5H3,(H,22,26)(H,23,28)/t11-,12-,13?/m0/s1. The van der Waals surface area contributed by atoms with Crippen molar-refractivity contribution in [3.05, 3.63) is 0 Å². The van der Waals surface area contributed by atoms with Gasteiger partial charge in [-0.25, -0.2) is 4.79 Å². The highest BCUT2D eigenvalue weighted by Gasteiger charge is 2.46. The highest BCUT2D eigenvalue weighted by Crippen LogP contribution is 2.24. The van der Waals surface area contributed by atoms with Gasteiger partial charge in [-0.3, -0.25) is 14.4 Å². The first-order valence-corrected chi connectivity index (χ1v) is 9.37. The molecule has 1 aliphatic rings. The van der Waals surface area contributed by atoms with Gasteiger partial charge in [-0.2, -0.15) is 13.2 Å². The number of likely N-dealkylation sites (tertiary alicyclic amines) is 1. The van der Waals surface area contributed by atoms with Crippen LogP contribution >= 0.6 is 0 Å². The molecule has 3 amide bonds. The summed E-state index contributed by atoms with van der Waals surface area (Å²) in [5.74, 6) is -4.51. The average Bonchev–Trinajstić information content (AvgIpc) is 3.11. The summed E-state index contributed by atoms with van der Waals surface area (Å²) in [7, 11) is 1.15. The molecule has 2 N–H and O–H groups in total. The third kappa shape index (κ3) is 6.33. The SMILES string of the molecule is COC(=O)NC(C(=O)N1CCC[C@H]1C(=O)N[C@H](C(=O)C(F)(F)F)C(C)C)C(C)C. The predicted molar refractivity (Wildman–Crippen MR) is 96.7 cm³/mol. The highest BCUT2D eigenvalue weighted by molar-refractivity contribution is 5.96. The van der Waals surface area contributed by atoms with Crippen LogP contribution in [0, 0.1) is 11.8 Å². The number of nitrogens with zero attached hydrogens (tertiary/aromatic N) is 1. The van der Waals surface area contributed by atoms with Gasteiger partial charge in [0, 0.05) is 6.54 Å². The number of ketones is 1. The lowest BCUT2D eigenvalue weighted by atomic mass is 9.98. The Hall–Kier alpha value is -2.33. The number of carbonyl (C=O) groups is 4. The van der Waals surface area contributed by atoms with Gasteiger partial charge < -0.3 is 20.3 Å². The summed E-state index contributed by atoms with van der Waals surface area (Å²) in [4.78, 5) is 49.9. The van der Waals surface area contributed by atoms with Crippen molar-refractivity contribution in [3.8, 4) is 0 Å². The van der Waals surface area contributed by atoms with Crippen LogP contribution in [0.2, 0.25) is 0 Å². The lowest BCUT2D eigenvalue weighted by Gasteiger charge is -2.31. The Balaban J connectivity index is 2.99. The highest BCUT2D eigenvalue weighted by atomic mass is 19.4. The van der Waals surface area contributed by atoms with E-state index in [1.807, 2.05) is 0 Å². The van der Waals surface area contributed by atoms with Gasteiger partial charge in [-0.05, 0) is 24.7 Å². The van der Waals surface area contributed by atoms with Gasteiger partial charge in [0.1, 0.15) is 12.1 Å². The third-order valence-corrected chi connectivity index (χ3v) is 4.76. The Labute approximate surface area is 167 Å². The van der Waals surface area contributed by atoms with E-state index in [2.05, 4.69) is 15.4 Å². The zero-order valence-electron chi connectivity index (χ0n) is 17.1. The molecule has 166 valence electrons. The number of Topliss-reactive ketones (excluding diaryl/α,β-unsaturated/α-hetero) is 1. The fraction of sp³-hybridized carbons (Fsp3) is 0.778. The summed E-state index contributed by atoms with van der Waals surface area (Å²) in [6, 6.07) is -3.73. The van der Waals surface area contributed by atoms with Crippen LogP contribution in [0.4, 0.5) is 18.0 Å². The molecule has 0 spiro atoms. The second kappa shape index (κ2) is 9.93. The van der Waals surface area contributed by atoms with Gasteiger partial charge in [-0.15, -0.1) is 0 Å². The van der Waals surface area contributed by atoms with E-state index in [1.165, 1.54) is 18.7 Å². The fourth-order valence-electron chi connectivity index (χ4n) is 3.14. The summed E-state index contributed by atoms with van der Waals surface area (Å²) < 4.78 is 43.0. The third-order valence-electron chi connectivity index (χ3n) is 4.76. The van der Waals surface area contributed by atoms with Crippen LogP contribution in [0.25, 0.3) is 0 Å². The predicted octanol–water partition coefficient (Wildman–Crippen LogP) is 1.63. The van der Waals surface area contributed by atoms with E-state index < -0.39 is 53.9 Å². The number of alkyl halides is 3. The number of hydrogen-bond donors (Lipinski definition) is 2. The maximum atomic E-state index is 12.9. The number of rotatable bonds is 7. The molecular weight excluding hydrogens is 395 g/mol. The molecule has 0 radical (unpaired) electrons. The maximum Gasteiger partial charge on any atom is 0.452 e. The van der Waals surface area contributed by atoms with Gasteiger partial charge in [0.2, 0.25) is 11.8 Å². The molecule has 1 saturated heterocycles. The van der Waals surface area contributed by atoms with Crippen molar-refractivity contribution in [2.24, 2.45) is 11.8 Å². The van der Waals surface area contributed by atoms with E-state index in [4.69, 9.17) is 0 Å². The Morgan fingerprint density at radius 1 is 1.00 bits per heavy atom. The number of ether oxygens (including phenoxy) is 1. The number of nitrogens with one attached hydrogen (secondary N) is 2. The average molecular weight is 423 g/mol. The van der Waals surface area contributed by atoms with Crippen LogP contribution in [-0.2, 0) is 19.1 Å². The van der Waals surface area contributed by atoms with Gasteiger partial charge in [0.25, 0.3) is 5.78 Å². The second-order valence-corrected chi connectivity index (χ2v) is 7.64. The Kier molecular flexibility index (Phi) is 8.46. The number of carbonyl (C=O) groups excluding carboxylic acids is 4. The van der Waals surface area contributed by atoms with E-state index >= 15 is 0 Å². The van der Waals surface area contributed by atoms with Crippen molar-refractivity contribution in [2.45, 2.75) is 64.8 Å². The summed E-state index contributed by atoms with van der Waals surface area (Å²) in [5.41, 5.74) is 0. The molecule has 8 nitrogen and oxygen atoms in total. The molecule has 0 bridgehead atoms. The minimum atomic E-state index is -5.08. The van der Waals surface area contributed by atoms with Crippen molar-refractivity contribution < 1.29 is 37.1 Å². The van der Waals surface area contributed by atoms with Crippen molar-refractivity contribution >= 4 is 23.7 Å². The van der Waals surface area contributed by atoms with Crippen molar-refractivity contribution in [3.63, 3.8) is 0 Å². The maximum absolute atomic E-state index is 12.9. The van der Waals surface area contributed by atoms with Crippen molar-refractivity contribution in [1.82, 2.24) is 15.5 Å². The summed E-state index contributed by atoms with van der Waals surface area (Å²) in [5, 5.41) is 4.57. The molecule has 0 saturated carbocycles. The van der Waals surface area contributed by atoms with Crippen LogP contribution < -0.4 is 10.6 Å². The van der Waals surface area contributed by atoms with Gasteiger partial charge in [-0.1, -0.05) is 27.7 Å². The quantitative estimate of drug-likeness (QED) is 0.648. The minimum Gasteiger partial charge on any atom is -0.453 e. The smallest absolute Gasteiger partial charge is 0.452 e. The van der Waals surface area contributed by atoms with Gasteiger partial charge in [0.15, 0.2) is 0 Å². The lowest BCUT2D eigenvalue weighted by Crippen LogP contribution is -2.58. The molecule has 0 aromatic heterocycles. The molecule has 29 heavy (non-hydrogen) atoms. The van der Waals surface area contributed by atoms with E-state index in [0.29, 0.717) is 6.42 Å². The van der Waals surface area contributed by atoms with Crippen molar-refractivity contribution in [1.29, 1.82) is 0 Å². The first-order valence-electron chi connectivity index (χ1n) is 9.37. The van der Waals surface area contributed by atoms with Crippen LogP contribution in [0.15, 0.2) is 0 Å². The molecule has 0 aromatic rings. The Morgan fingerprint density at radius 2 is 1.55 bits per heavy atom. The fourth-order valence-corrected chi connectivity index (χ4v) is 3.14. The summed E-state index contributed by atoms with van der Waals surface area (Å²) in [6.07, 6.45) is -5.19. The van der Waals surface area contributed by atoms with E-state index in [1.54, 1.807) is 13.8 Å². The van der Waals surface area contributed by atoms with Crippen molar-refractivity contribution in [2.75, 3.05) is 13.7 Å². The Morgan fingerprint density at radius 3 is 2.00 bits per heavy atom. The van der Waals surface area contributed by atoms with Crippen LogP contribution in [0.1, 0.15) is 40.5 Å². The van der Waals surface area contributed by atoms with Gasteiger partial charge >= 0.3 is 12.3 Å². The Bertz CT molecular complexity index is 637.